The quantitative estimate of drug-likeness (QED) is 0.544. The molecule has 0 amide bonds. The van der Waals surface area contributed by atoms with Crippen LogP contribution in [0.5, 0.6) is 23.0 Å². The van der Waals surface area contributed by atoms with Crippen LogP contribution in [0.15, 0.2) is 24.3 Å². The minimum Gasteiger partial charge on any atom is -0.504 e. The highest BCUT2D eigenvalue weighted by Crippen LogP contribution is 2.44. The van der Waals surface area contributed by atoms with Gasteiger partial charge >= 0.3 is 0 Å². The molecule has 2 aromatic carbocycles. The number of fused-ring (bicyclic) bond motifs is 4. The SMILES string of the molecule is CCCCOc1cc2c(cc1O)C[C@@H]1c3cc(OCCCC)c(OC)cc3CCN1C2. The van der Waals surface area contributed by atoms with Crippen LogP contribution in [-0.2, 0) is 19.4 Å². The van der Waals surface area contributed by atoms with E-state index in [9.17, 15) is 5.11 Å². The van der Waals surface area contributed by atoms with Crippen LogP contribution in [0, 0.1) is 0 Å². The van der Waals surface area contributed by atoms with Gasteiger partial charge in [-0.05, 0) is 72.2 Å². The molecular formula is C26H35NO4. The summed E-state index contributed by atoms with van der Waals surface area (Å²) in [5.41, 5.74) is 5.13. The summed E-state index contributed by atoms with van der Waals surface area (Å²) in [6.07, 6.45) is 6.10. The molecule has 0 saturated carbocycles. The normalized spacial score (nSPS) is 17.5. The van der Waals surface area contributed by atoms with Crippen molar-refractivity contribution in [3.05, 3.63) is 46.5 Å². The summed E-state index contributed by atoms with van der Waals surface area (Å²) in [6.45, 7) is 7.55. The fourth-order valence-corrected chi connectivity index (χ4v) is 4.65. The van der Waals surface area contributed by atoms with Gasteiger partial charge in [-0.2, -0.15) is 0 Å². The zero-order valence-electron chi connectivity index (χ0n) is 19.1. The van der Waals surface area contributed by atoms with E-state index < -0.39 is 0 Å². The monoisotopic (exact) mass is 425 g/mol. The zero-order chi connectivity index (χ0) is 21.8. The van der Waals surface area contributed by atoms with E-state index >= 15 is 0 Å². The summed E-state index contributed by atoms with van der Waals surface area (Å²) >= 11 is 0. The Morgan fingerprint density at radius 1 is 0.903 bits per heavy atom. The topological polar surface area (TPSA) is 51.2 Å². The van der Waals surface area contributed by atoms with Gasteiger partial charge in [0.05, 0.1) is 20.3 Å². The standard InChI is InChI=1S/C26H35NO4/c1-4-6-10-30-24-15-20-17-27-9-8-18-14-25(29-3)26(31-11-7-5-2)16-21(18)22(27)12-19(20)13-23(24)28/h13-16,22,28H,4-12,17H2,1-3H3/t22-/m1/s1. The number of phenols is 1. The summed E-state index contributed by atoms with van der Waals surface area (Å²) in [4.78, 5) is 2.54. The Balaban J connectivity index is 1.60. The van der Waals surface area contributed by atoms with Crippen LogP contribution in [0.2, 0.25) is 0 Å². The molecule has 5 heteroatoms. The van der Waals surface area contributed by atoms with E-state index in [4.69, 9.17) is 14.2 Å². The zero-order valence-corrected chi connectivity index (χ0v) is 19.1. The molecule has 168 valence electrons. The third-order valence-corrected chi connectivity index (χ3v) is 6.47. The first-order chi connectivity index (χ1) is 15.1. The number of phenolic OH excluding ortho intramolecular Hbond substituents is 1. The predicted octanol–water partition coefficient (Wildman–Crippen LogP) is 5.41. The van der Waals surface area contributed by atoms with Crippen LogP contribution in [0.3, 0.4) is 0 Å². The largest absolute Gasteiger partial charge is 0.504 e. The summed E-state index contributed by atoms with van der Waals surface area (Å²) in [5.74, 6) is 2.52. The number of aromatic hydroxyl groups is 1. The number of hydrogen-bond acceptors (Lipinski definition) is 5. The van der Waals surface area contributed by atoms with Gasteiger partial charge in [-0.3, -0.25) is 4.90 Å². The Labute approximate surface area is 185 Å². The number of rotatable bonds is 9. The van der Waals surface area contributed by atoms with E-state index in [0.717, 1.165) is 63.1 Å². The van der Waals surface area contributed by atoms with Gasteiger partial charge in [-0.1, -0.05) is 26.7 Å². The molecule has 1 atom stereocenters. The second-order valence-corrected chi connectivity index (χ2v) is 8.63. The molecule has 0 aliphatic carbocycles. The molecule has 0 spiro atoms. The van der Waals surface area contributed by atoms with Crippen molar-refractivity contribution in [3.8, 4) is 23.0 Å². The third-order valence-electron chi connectivity index (χ3n) is 6.47. The van der Waals surface area contributed by atoms with Crippen LogP contribution < -0.4 is 14.2 Å². The molecule has 2 aliphatic heterocycles. The third kappa shape index (κ3) is 4.62. The molecule has 2 heterocycles. The summed E-state index contributed by atoms with van der Waals surface area (Å²) in [5, 5.41) is 10.5. The molecule has 0 bridgehead atoms. The minimum atomic E-state index is 0.248. The lowest BCUT2D eigenvalue weighted by atomic mass is 9.83. The molecule has 0 fully saturated rings. The molecule has 2 aliphatic rings. The molecule has 0 aromatic heterocycles. The van der Waals surface area contributed by atoms with Crippen LogP contribution in [-0.4, -0.2) is 36.9 Å². The van der Waals surface area contributed by atoms with Gasteiger partial charge < -0.3 is 19.3 Å². The van der Waals surface area contributed by atoms with Crippen LogP contribution >= 0.6 is 0 Å². The highest BCUT2D eigenvalue weighted by molar-refractivity contribution is 5.52. The van der Waals surface area contributed by atoms with Gasteiger partial charge in [0.15, 0.2) is 23.0 Å². The molecule has 4 rings (SSSR count). The lowest BCUT2D eigenvalue weighted by molar-refractivity contribution is 0.159. The van der Waals surface area contributed by atoms with Gasteiger partial charge in [-0.15, -0.1) is 0 Å². The molecule has 5 nitrogen and oxygen atoms in total. The van der Waals surface area contributed by atoms with Crippen molar-refractivity contribution in [2.75, 3.05) is 26.9 Å². The molecule has 0 saturated heterocycles. The maximum absolute atomic E-state index is 10.5. The Morgan fingerprint density at radius 2 is 1.61 bits per heavy atom. The van der Waals surface area contributed by atoms with E-state index in [1.807, 2.05) is 12.1 Å². The molecule has 2 aromatic rings. The lowest BCUT2D eigenvalue weighted by Crippen LogP contribution is -2.39. The molecule has 1 N–H and O–H groups in total. The summed E-state index contributed by atoms with van der Waals surface area (Å²) in [6, 6.07) is 8.59. The number of unbranched alkanes of at least 4 members (excludes halogenated alkanes) is 2. The molecule has 0 radical (unpaired) electrons. The van der Waals surface area contributed by atoms with Crippen molar-refractivity contribution < 1.29 is 19.3 Å². The van der Waals surface area contributed by atoms with Gasteiger partial charge in [0.1, 0.15) is 0 Å². The second kappa shape index (κ2) is 9.82. The predicted molar refractivity (Wildman–Crippen MR) is 122 cm³/mol. The van der Waals surface area contributed by atoms with Gasteiger partial charge in [-0.25, -0.2) is 0 Å². The first kappa shape index (κ1) is 21.8. The number of ether oxygens (including phenoxy) is 3. The van der Waals surface area contributed by atoms with Crippen molar-refractivity contribution in [2.24, 2.45) is 0 Å². The van der Waals surface area contributed by atoms with Crippen molar-refractivity contribution >= 4 is 0 Å². The second-order valence-electron chi connectivity index (χ2n) is 8.63. The first-order valence-electron chi connectivity index (χ1n) is 11.7. The van der Waals surface area contributed by atoms with Crippen molar-refractivity contribution in [2.45, 2.75) is 65.0 Å². The van der Waals surface area contributed by atoms with E-state index in [0.29, 0.717) is 25.0 Å². The summed E-state index contributed by atoms with van der Waals surface area (Å²) in [7, 11) is 1.71. The Bertz CT molecular complexity index is 911. The van der Waals surface area contributed by atoms with Crippen LogP contribution in [0.25, 0.3) is 0 Å². The number of methoxy groups -OCH3 is 1. The van der Waals surface area contributed by atoms with Crippen molar-refractivity contribution in [1.82, 2.24) is 4.90 Å². The minimum absolute atomic E-state index is 0.248. The van der Waals surface area contributed by atoms with Crippen LogP contribution in [0.4, 0.5) is 0 Å². The molecule has 31 heavy (non-hydrogen) atoms. The number of hydrogen-bond donors (Lipinski definition) is 1. The fourth-order valence-electron chi connectivity index (χ4n) is 4.65. The Kier molecular flexibility index (Phi) is 6.91. The number of benzene rings is 2. The van der Waals surface area contributed by atoms with Crippen molar-refractivity contribution in [1.29, 1.82) is 0 Å². The van der Waals surface area contributed by atoms with E-state index in [2.05, 4.69) is 30.9 Å². The van der Waals surface area contributed by atoms with Crippen LogP contribution in [0.1, 0.15) is 67.8 Å². The van der Waals surface area contributed by atoms with Gasteiger partial charge in [0, 0.05) is 19.1 Å². The molecular weight excluding hydrogens is 390 g/mol. The maximum atomic E-state index is 10.5. The average molecular weight is 426 g/mol. The highest BCUT2D eigenvalue weighted by atomic mass is 16.5. The average Bonchev–Trinajstić information content (AvgIpc) is 2.78. The Morgan fingerprint density at radius 3 is 2.32 bits per heavy atom. The maximum Gasteiger partial charge on any atom is 0.161 e. The van der Waals surface area contributed by atoms with Crippen molar-refractivity contribution in [3.63, 3.8) is 0 Å². The number of nitrogens with zero attached hydrogens (tertiary/aromatic N) is 1. The lowest BCUT2D eigenvalue weighted by Gasteiger charge is -2.41. The van der Waals surface area contributed by atoms with E-state index in [1.165, 1.54) is 22.3 Å². The van der Waals surface area contributed by atoms with E-state index in [1.54, 1.807) is 7.11 Å². The first-order valence-corrected chi connectivity index (χ1v) is 11.7. The van der Waals surface area contributed by atoms with Gasteiger partial charge in [0.2, 0.25) is 0 Å². The Hall–Kier alpha value is -2.40. The smallest absolute Gasteiger partial charge is 0.161 e. The molecule has 0 unspecified atom stereocenters. The van der Waals surface area contributed by atoms with E-state index in [-0.39, 0.29) is 5.75 Å². The summed E-state index contributed by atoms with van der Waals surface area (Å²) < 4.78 is 17.5. The van der Waals surface area contributed by atoms with Gasteiger partial charge in [0.25, 0.3) is 0 Å². The fraction of sp³-hybridized carbons (Fsp3) is 0.538. The highest BCUT2D eigenvalue weighted by Gasteiger charge is 2.33.